The molecule has 0 amide bonds. The number of phenols is 2. The van der Waals surface area contributed by atoms with Crippen molar-refractivity contribution in [2.75, 3.05) is 26.2 Å². The molecule has 2 aliphatic rings. The smallest absolute Gasteiger partial charge is 0.120 e. The third-order valence-electron chi connectivity index (χ3n) is 4.43. The highest BCUT2D eigenvalue weighted by Crippen LogP contribution is 2.36. The second-order valence-corrected chi connectivity index (χ2v) is 5.55. The Kier molecular flexibility index (Phi) is 2.92. The first-order valence-corrected chi connectivity index (χ1v) is 6.62. The Labute approximate surface area is 107 Å². The van der Waals surface area contributed by atoms with Gasteiger partial charge in [0.25, 0.3) is 0 Å². The van der Waals surface area contributed by atoms with Gasteiger partial charge in [-0.2, -0.15) is 0 Å². The molecule has 0 saturated carbocycles. The van der Waals surface area contributed by atoms with Crippen molar-refractivity contribution in [3.8, 4) is 11.5 Å². The summed E-state index contributed by atoms with van der Waals surface area (Å²) >= 11 is 0. The van der Waals surface area contributed by atoms with Crippen molar-refractivity contribution in [2.45, 2.75) is 13.0 Å². The average molecular weight is 248 g/mol. The van der Waals surface area contributed by atoms with Crippen molar-refractivity contribution in [3.63, 3.8) is 0 Å². The first-order valence-electron chi connectivity index (χ1n) is 6.62. The van der Waals surface area contributed by atoms with E-state index in [1.54, 1.807) is 12.1 Å². The van der Waals surface area contributed by atoms with Crippen LogP contribution in [0.1, 0.15) is 18.5 Å². The third-order valence-corrected chi connectivity index (χ3v) is 4.43. The third kappa shape index (κ3) is 1.95. The van der Waals surface area contributed by atoms with Gasteiger partial charge in [-0.15, -0.1) is 0 Å². The summed E-state index contributed by atoms with van der Waals surface area (Å²) in [4.78, 5) is 2.41. The molecule has 3 rings (SSSR count). The average Bonchev–Trinajstić information content (AvgIpc) is 2.91. The van der Waals surface area contributed by atoms with E-state index in [9.17, 15) is 10.2 Å². The van der Waals surface area contributed by atoms with Gasteiger partial charge in [0, 0.05) is 24.7 Å². The van der Waals surface area contributed by atoms with Gasteiger partial charge >= 0.3 is 0 Å². The lowest BCUT2D eigenvalue weighted by atomic mass is 10.0. The van der Waals surface area contributed by atoms with Crippen molar-refractivity contribution in [2.24, 2.45) is 11.8 Å². The maximum atomic E-state index is 9.92. The number of hydrogen-bond donors (Lipinski definition) is 3. The monoisotopic (exact) mass is 248 g/mol. The predicted octanol–water partition coefficient (Wildman–Crippen LogP) is 1.31. The van der Waals surface area contributed by atoms with Gasteiger partial charge < -0.3 is 15.5 Å². The normalized spacial score (nSPS) is 29.4. The SMILES string of the molecule is CC(c1cc(O)ccc1O)N1C[C@H]2CNC[C@H]2C1. The first-order chi connectivity index (χ1) is 8.65. The molecular formula is C14H20N2O2. The standard InChI is InChI=1S/C14H20N2O2/c1-9(13-4-12(17)2-3-14(13)18)16-7-10-5-15-6-11(10)8-16/h2-4,9-11,15,17-18H,5-8H2,1H3/t9?,10-,11+. The molecule has 2 fully saturated rings. The summed E-state index contributed by atoms with van der Waals surface area (Å²) in [6, 6.07) is 4.92. The highest BCUT2D eigenvalue weighted by atomic mass is 16.3. The molecule has 0 spiro atoms. The number of nitrogens with one attached hydrogen (secondary N) is 1. The second kappa shape index (κ2) is 4.44. The molecule has 3 atom stereocenters. The lowest BCUT2D eigenvalue weighted by Crippen LogP contribution is -2.28. The summed E-state index contributed by atoms with van der Waals surface area (Å²) < 4.78 is 0. The van der Waals surface area contributed by atoms with Crippen molar-refractivity contribution in [1.82, 2.24) is 10.2 Å². The fourth-order valence-electron chi connectivity index (χ4n) is 3.28. The van der Waals surface area contributed by atoms with Crippen molar-refractivity contribution < 1.29 is 10.2 Å². The van der Waals surface area contributed by atoms with Gasteiger partial charge in [-0.3, -0.25) is 4.90 Å². The topological polar surface area (TPSA) is 55.7 Å². The Morgan fingerprint density at radius 2 is 1.89 bits per heavy atom. The number of hydrogen-bond acceptors (Lipinski definition) is 4. The summed E-state index contributed by atoms with van der Waals surface area (Å²) in [5.41, 5.74) is 0.822. The van der Waals surface area contributed by atoms with Crippen LogP contribution in [0, 0.1) is 11.8 Å². The zero-order chi connectivity index (χ0) is 12.7. The van der Waals surface area contributed by atoms with Gasteiger partial charge in [0.15, 0.2) is 0 Å². The van der Waals surface area contributed by atoms with E-state index in [0.717, 1.165) is 43.6 Å². The highest BCUT2D eigenvalue weighted by molar-refractivity contribution is 5.40. The lowest BCUT2D eigenvalue weighted by molar-refractivity contribution is 0.239. The molecule has 0 bridgehead atoms. The Balaban J connectivity index is 1.78. The molecule has 1 unspecified atom stereocenters. The summed E-state index contributed by atoms with van der Waals surface area (Å²) in [5.74, 6) is 1.98. The van der Waals surface area contributed by atoms with Crippen LogP contribution in [-0.2, 0) is 0 Å². The van der Waals surface area contributed by atoms with E-state index in [1.807, 2.05) is 0 Å². The number of benzene rings is 1. The van der Waals surface area contributed by atoms with E-state index in [1.165, 1.54) is 6.07 Å². The van der Waals surface area contributed by atoms with E-state index in [-0.39, 0.29) is 17.5 Å². The molecule has 98 valence electrons. The van der Waals surface area contributed by atoms with Crippen LogP contribution >= 0.6 is 0 Å². The Bertz CT molecular complexity index is 437. The molecule has 2 aliphatic heterocycles. The molecule has 4 nitrogen and oxygen atoms in total. The van der Waals surface area contributed by atoms with Crippen molar-refractivity contribution in [3.05, 3.63) is 23.8 Å². The number of fused-ring (bicyclic) bond motifs is 1. The van der Waals surface area contributed by atoms with Gasteiger partial charge in [0.1, 0.15) is 11.5 Å². The molecule has 4 heteroatoms. The number of nitrogens with zero attached hydrogens (tertiary/aromatic N) is 1. The van der Waals surface area contributed by atoms with Crippen LogP contribution in [0.3, 0.4) is 0 Å². The minimum atomic E-state index is 0.155. The van der Waals surface area contributed by atoms with Gasteiger partial charge in [-0.05, 0) is 50.0 Å². The molecule has 2 heterocycles. The van der Waals surface area contributed by atoms with E-state index in [0.29, 0.717) is 0 Å². The van der Waals surface area contributed by atoms with Crippen LogP contribution in [0.25, 0.3) is 0 Å². The number of aromatic hydroxyl groups is 2. The summed E-state index contributed by atoms with van der Waals surface area (Å²) in [6.07, 6.45) is 0. The van der Waals surface area contributed by atoms with Crippen LogP contribution in [0.4, 0.5) is 0 Å². The molecule has 2 saturated heterocycles. The molecular weight excluding hydrogens is 228 g/mol. The molecule has 18 heavy (non-hydrogen) atoms. The van der Waals surface area contributed by atoms with Gasteiger partial charge in [0.05, 0.1) is 0 Å². The molecule has 0 aliphatic carbocycles. The van der Waals surface area contributed by atoms with E-state index >= 15 is 0 Å². The molecule has 3 N–H and O–H groups in total. The van der Waals surface area contributed by atoms with Crippen molar-refractivity contribution in [1.29, 1.82) is 0 Å². The highest BCUT2D eigenvalue weighted by Gasteiger charge is 2.38. The minimum Gasteiger partial charge on any atom is -0.508 e. The fourth-order valence-corrected chi connectivity index (χ4v) is 3.28. The molecule has 1 aromatic carbocycles. The largest absolute Gasteiger partial charge is 0.508 e. The number of likely N-dealkylation sites (tertiary alicyclic amines) is 1. The summed E-state index contributed by atoms with van der Waals surface area (Å²) in [6.45, 7) is 6.48. The van der Waals surface area contributed by atoms with Gasteiger partial charge in [-0.25, -0.2) is 0 Å². The van der Waals surface area contributed by atoms with Crippen LogP contribution in [-0.4, -0.2) is 41.3 Å². The molecule has 0 radical (unpaired) electrons. The van der Waals surface area contributed by atoms with Gasteiger partial charge in [-0.1, -0.05) is 0 Å². The Hall–Kier alpha value is -1.26. The zero-order valence-electron chi connectivity index (χ0n) is 10.6. The summed E-state index contributed by atoms with van der Waals surface area (Å²) in [5, 5.41) is 22.9. The van der Waals surface area contributed by atoms with E-state index in [4.69, 9.17) is 0 Å². The quantitative estimate of drug-likeness (QED) is 0.691. The van der Waals surface area contributed by atoms with Crippen LogP contribution in [0.5, 0.6) is 11.5 Å². The summed E-state index contributed by atoms with van der Waals surface area (Å²) in [7, 11) is 0. The first kappa shape index (κ1) is 11.8. The minimum absolute atomic E-state index is 0.155. The Morgan fingerprint density at radius 1 is 1.22 bits per heavy atom. The Morgan fingerprint density at radius 3 is 2.56 bits per heavy atom. The van der Waals surface area contributed by atoms with E-state index in [2.05, 4.69) is 17.1 Å². The van der Waals surface area contributed by atoms with Crippen LogP contribution < -0.4 is 5.32 Å². The second-order valence-electron chi connectivity index (χ2n) is 5.55. The lowest BCUT2D eigenvalue weighted by Gasteiger charge is -2.26. The predicted molar refractivity (Wildman–Crippen MR) is 69.6 cm³/mol. The molecule has 0 aromatic heterocycles. The van der Waals surface area contributed by atoms with Crippen LogP contribution in [0.15, 0.2) is 18.2 Å². The van der Waals surface area contributed by atoms with Gasteiger partial charge in [0.2, 0.25) is 0 Å². The maximum absolute atomic E-state index is 9.92. The maximum Gasteiger partial charge on any atom is 0.120 e. The number of phenolic OH excluding ortho intramolecular Hbond substituents is 2. The van der Waals surface area contributed by atoms with Crippen LogP contribution in [0.2, 0.25) is 0 Å². The van der Waals surface area contributed by atoms with E-state index < -0.39 is 0 Å². The fraction of sp³-hybridized carbons (Fsp3) is 0.571. The number of rotatable bonds is 2. The molecule has 1 aromatic rings. The zero-order valence-corrected chi connectivity index (χ0v) is 10.6. The van der Waals surface area contributed by atoms with Crippen molar-refractivity contribution >= 4 is 0 Å².